The van der Waals surface area contributed by atoms with Crippen LogP contribution in [-0.2, 0) is 4.79 Å². The molecule has 3 N–H and O–H groups in total. The maximum Gasteiger partial charge on any atom is 0.259 e. The molecule has 1 aromatic rings. The number of nitrogens with zero attached hydrogens (tertiary/aromatic N) is 2. The van der Waals surface area contributed by atoms with Crippen LogP contribution in [0, 0.1) is 17.6 Å². The Hall–Kier alpha value is -2.10. The number of piperidine rings is 1. The summed E-state index contributed by atoms with van der Waals surface area (Å²) in [5.74, 6) is -2.21. The van der Waals surface area contributed by atoms with Crippen molar-refractivity contribution in [2.45, 2.75) is 18.5 Å². The lowest BCUT2D eigenvalue weighted by Crippen LogP contribution is -2.56. The summed E-state index contributed by atoms with van der Waals surface area (Å²) in [5.41, 5.74) is 5.78. The fraction of sp³-hybridized carbons (Fsp3) is 0.556. The molecule has 0 saturated carbocycles. The monoisotopic (exact) mass is 379 g/mol. The number of hydrogen-bond acceptors (Lipinski definition) is 5. The zero-order valence-electron chi connectivity index (χ0n) is 14.9. The minimum atomic E-state index is -0.865. The number of fused-ring (bicyclic) bond motifs is 1. The number of rotatable bonds is 2. The zero-order chi connectivity index (χ0) is 19.0. The van der Waals surface area contributed by atoms with Crippen LogP contribution in [0.25, 0.3) is 0 Å². The number of halogens is 2. The van der Waals surface area contributed by atoms with E-state index in [2.05, 4.69) is 16.2 Å². The molecule has 0 aromatic heterocycles. The molecule has 0 bridgehead atoms. The topological polar surface area (TPSA) is 76.7 Å². The molecule has 3 aliphatic rings. The summed E-state index contributed by atoms with van der Waals surface area (Å²) in [6, 6.07) is 3.36. The summed E-state index contributed by atoms with van der Waals surface area (Å²) < 4.78 is 27.7. The van der Waals surface area contributed by atoms with Gasteiger partial charge in [0.05, 0.1) is 0 Å². The van der Waals surface area contributed by atoms with Gasteiger partial charge in [-0.3, -0.25) is 15.0 Å². The van der Waals surface area contributed by atoms with Crippen LogP contribution in [0.3, 0.4) is 0 Å². The van der Waals surface area contributed by atoms with Crippen molar-refractivity contribution in [1.82, 2.24) is 26.0 Å². The molecule has 3 aliphatic heterocycles. The molecule has 146 valence electrons. The third-order valence-electron chi connectivity index (χ3n) is 5.70. The first-order chi connectivity index (χ1) is 13.1. The van der Waals surface area contributed by atoms with E-state index in [1.165, 1.54) is 11.0 Å². The summed E-state index contributed by atoms with van der Waals surface area (Å²) in [6.07, 6.45) is 0.970. The van der Waals surface area contributed by atoms with Gasteiger partial charge in [-0.25, -0.2) is 14.2 Å². The van der Waals surface area contributed by atoms with Crippen molar-refractivity contribution in [1.29, 1.82) is 0 Å². The van der Waals surface area contributed by atoms with Gasteiger partial charge in [0.25, 0.3) is 5.91 Å². The average Bonchev–Trinajstić information content (AvgIpc) is 3.11. The van der Waals surface area contributed by atoms with E-state index >= 15 is 0 Å². The Kier molecular flexibility index (Phi) is 5.07. The molecule has 4 rings (SSSR count). The number of benzene rings is 1. The molecule has 3 unspecified atom stereocenters. The number of carbonyl (C=O) groups excluding carboxylic acids is 2. The van der Waals surface area contributed by atoms with Gasteiger partial charge in [-0.2, -0.15) is 0 Å². The van der Waals surface area contributed by atoms with E-state index in [4.69, 9.17) is 0 Å². The number of hydrazine groups is 1. The molecular formula is C18H23F2N5O2. The van der Waals surface area contributed by atoms with Crippen LogP contribution >= 0.6 is 0 Å². The van der Waals surface area contributed by atoms with Crippen LogP contribution in [0.4, 0.5) is 8.78 Å². The summed E-state index contributed by atoms with van der Waals surface area (Å²) in [5, 5.41) is 3.32. The van der Waals surface area contributed by atoms with E-state index < -0.39 is 23.1 Å². The molecule has 3 heterocycles. The summed E-state index contributed by atoms with van der Waals surface area (Å²) in [7, 11) is 0. The molecule has 2 amide bonds. The van der Waals surface area contributed by atoms with E-state index in [-0.39, 0.29) is 37.0 Å². The van der Waals surface area contributed by atoms with Gasteiger partial charge in [0, 0.05) is 44.7 Å². The number of carbonyl (C=O) groups is 2. The summed E-state index contributed by atoms with van der Waals surface area (Å²) in [6.45, 7) is 2.93. The van der Waals surface area contributed by atoms with Crippen molar-refractivity contribution in [3.63, 3.8) is 0 Å². The fourth-order valence-corrected chi connectivity index (χ4v) is 4.15. The number of nitrogens with one attached hydrogen (secondary N) is 3. The lowest BCUT2D eigenvalue weighted by atomic mass is 9.89. The Morgan fingerprint density at radius 2 is 1.67 bits per heavy atom. The third kappa shape index (κ3) is 3.42. The van der Waals surface area contributed by atoms with Crippen LogP contribution in [0.15, 0.2) is 18.2 Å². The first kappa shape index (κ1) is 18.3. The maximum atomic E-state index is 13.8. The molecule has 9 heteroatoms. The molecule has 0 spiro atoms. The third-order valence-corrected chi connectivity index (χ3v) is 5.70. The normalized spacial score (nSPS) is 28.1. The highest BCUT2D eigenvalue weighted by molar-refractivity contribution is 5.95. The van der Waals surface area contributed by atoms with Crippen molar-refractivity contribution in [2.24, 2.45) is 5.92 Å². The van der Waals surface area contributed by atoms with Gasteiger partial charge < -0.3 is 15.1 Å². The van der Waals surface area contributed by atoms with Crippen molar-refractivity contribution in [3.8, 4) is 0 Å². The second kappa shape index (κ2) is 7.49. The summed E-state index contributed by atoms with van der Waals surface area (Å²) in [4.78, 5) is 28.5. The van der Waals surface area contributed by atoms with Gasteiger partial charge in [0.15, 0.2) is 0 Å². The number of amides is 2. The fourth-order valence-electron chi connectivity index (χ4n) is 4.15. The maximum absolute atomic E-state index is 13.8. The number of hydrogen-bond donors (Lipinski definition) is 3. The largest absolute Gasteiger partial charge is 0.338 e. The first-order valence-corrected chi connectivity index (χ1v) is 9.30. The second-order valence-electron chi connectivity index (χ2n) is 7.24. The van der Waals surface area contributed by atoms with Crippen LogP contribution < -0.4 is 16.2 Å². The predicted molar refractivity (Wildman–Crippen MR) is 93.7 cm³/mol. The SMILES string of the molecule is O=C(c1c(F)cccc1F)N1CCN(C(=O)C2NNC3CCNCC32)CC1. The van der Waals surface area contributed by atoms with Crippen molar-refractivity contribution in [3.05, 3.63) is 35.4 Å². The lowest BCUT2D eigenvalue weighted by Gasteiger charge is -2.37. The quantitative estimate of drug-likeness (QED) is 0.658. The van der Waals surface area contributed by atoms with Crippen LogP contribution in [0.2, 0.25) is 0 Å². The molecule has 3 fully saturated rings. The summed E-state index contributed by atoms with van der Waals surface area (Å²) >= 11 is 0. The highest BCUT2D eigenvalue weighted by Gasteiger charge is 2.43. The Balaban J connectivity index is 1.37. The molecule has 3 atom stereocenters. The average molecular weight is 379 g/mol. The molecule has 1 aromatic carbocycles. The van der Waals surface area contributed by atoms with Gasteiger partial charge in [-0.05, 0) is 25.1 Å². The van der Waals surface area contributed by atoms with E-state index in [1.807, 2.05) is 0 Å². The minimum Gasteiger partial charge on any atom is -0.338 e. The molecule has 0 radical (unpaired) electrons. The zero-order valence-corrected chi connectivity index (χ0v) is 14.9. The van der Waals surface area contributed by atoms with Crippen LogP contribution in [-0.4, -0.2) is 73.0 Å². The smallest absolute Gasteiger partial charge is 0.259 e. The Labute approximate surface area is 156 Å². The van der Waals surface area contributed by atoms with Crippen molar-refractivity contribution < 1.29 is 18.4 Å². The molecule has 0 aliphatic carbocycles. The van der Waals surface area contributed by atoms with E-state index in [1.54, 1.807) is 4.90 Å². The second-order valence-corrected chi connectivity index (χ2v) is 7.24. The first-order valence-electron chi connectivity index (χ1n) is 9.30. The van der Waals surface area contributed by atoms with Crippen LogP contribution in [0.1, 0.15) is 16.8 Å². The Bertz CT molecular complexity index is 718. The predicted octanol–water partition coefficient (Wildman–Crippen LogP) is -0.296. The minimum absolute atomic E-state index is 0.00266. The van der Waals surface area contributed by atoms with Gasteiger partial charge in [-0.15, -0.1) is 0 Å². The van der Waals surface area contributed by atoms with Gasteiger partial charge in [0.1, 0.15) is 23.2 Å². The van der Waals surface area contributed by atoms with E-state index in [0.717, 1.165) is 31.6 Å². The molecular weight excluding hydrogens is 356 g/mol. The van der Waals surface area contributed by atoms with Crippen molar-refractivity contribution >= 4 is 11.8 Å². The van der Waals surface area contributed by atoms with Gasteiger partial charge >= 0.3 is 0 Å². The highest BCUT2D eigenvalue weighted by Crippen LogP contribution is 2.22. The van der Waals surface area contributed by atoms with E-state index in [0.29, 0.717) is 13.1 Å². The van der Waals surface area contributed by atoms with Crippen LogP contribution in [0.5, 0.6) is 0 Å². The molecule has 7 nitrogen and oxygen atoms in total. The molecule has 3 saturated heterocycles. The van der Waals surface area contributed by atoms with Crippen molar-refractivity contribution in [2.75, 3.05) is 39.3 Å². The Morgan fingerprint density at radius 1 is 1.00 bits per heavy atom. The molecule has 27 heavy (non-hydrogen) atoms. The standard InChI is InChI=1S/C18H23F2N5O2/c19-12-2-1-3-13(20)15(12)17(26)24-6-8-25(9-7-24)18(27)16-11-10-21-5-4-14(11)22-23-16/h1-3,11,14,16,21-23H,4-10H2. The lowest BCUT2D eigenvalue weighted by molar-refractivity contribution is -0.135. The van der Waals surface area contributed by atoms with Gasteiger partial charge in [0.2, 0.25) is 5.91 Å². The van der Waals surface area contributed by atoms with E-state index in [9.17, 15) is 18.4 Å². The highest BCUT2D eigenvalue weighted by atomic mass is 19.1. The Morgan fingerprint density at radius 3 is 2.37 bits per heavy atom. The van der Waals surface area contributed by atoms with Gasteiger partial charge in [-0.1, -0.05) is 6.07 Å². The number of piperazine rings is 1.